The van der Waals surface area contributed by atoms with E-state index in [-0.39, 0.29) is 28.9 Å². The third kappa shape index (κ3) is 3.29. The van der Waals surface area contributed by atoms with Crippen LogP contribution in [0.15, 0.2) is 30.5 Å². The molecule has 0 unspecified atom stereocenters. The molecule has 1 aliphatic heterocycles. The zero-order valence-corrected chi connectivity index (χ0v) is 19.6. The summed E-state index contributed by atoms with van der Waals surface area (Å²) in [6, 6.07) is 9.33. The van der Waals surface area contributed by atoms with E-state index in [9.17, 15) is 4.79 Å². The van der Waals surface area contributed by atoms with Gasteiger partial charge in [-0.05, 0) is 29.7 Å². The van der Waals surface area contributed by atoms with Gasteiger partial charge in [0, 0.05) is 41.2 Å². The van der Waals surface area contributed by atoms with Gasteiger partial charge in [0.05, 0.1) is 10.6 Å². The van der Waals surface area contributed by atoms with Gasteiger partial charge in [-0.1, -0.05) is 53.1 Å². The summed E-state index contributed by atoms with van der Waals surface area (Å²) in [4.78, 5) is 19.7. The van der Waals surface area contributed by atoms with E-state index >= 15 is 0 Å². The predicted octanol–water partition coefficient (Wildman–Crippen LogP) is 5.57. The molecule has 0 spiro atoms. The van der Waals surface area contributed by atoms with Gasteiger partial charge in [0.1, 0.15) is 23.6 Å². The second-order valence-electron chi connectivity index (χ2n) is 10.2. The van der Waals surface area contributed by atoms with Crippen LogP contribution in [0.2, 0.25) is 5.02 Å². The average molecular weight is 438 g/mol. The molecule has 2 aliphatic rings. The highest BCUT2D eigenvalue weighted by molar-refractivity contribution is 6.31. The van der Waals surface area contributed by atoms with Crippen LogP contribution in [0, 0.1) is 22.2 Å². The number of rotatable bonds is 4. The molecule has 31 heavy (non-hydrogen) atoms. The Morgan fingerprint density at radius 2 is 1.90 bits per heavy atom. The van der Waals surface area contributed by atoms with E-state index in [1.807, 2.05) is 11.1 Å². The number of ether oxygens (including phenoxy) is 1. The lowest BCUT2D eigenvalue weighted by Gasteiger charge is -2.65. The first-order valence-corrected chi connectivity index (χ1v) is 11.0. The summed E-state index contributed by atoms with van der Waals surface area (Å²) in [6.07, 6.45) is 1.70. The third-order valence-corrected chi connectivity index (χ3v) is 7.16. The Kier molecular flexibility index (Phi) is 5.05. The first kappa shape index (κ1) is 21.6. The molecule has 162 valence electrons. The number of amides is 1. The number of halogens is 1. The van der Waals surface area contributed by atoms with Crippen molar-refractivity contribution in [1.29, 1.82) is 5.26 Å². The molecule has 6 heteroatoms. The average Bonchev–Trinajstić information content (AvgIpc) is 3.00. The molecule has 0 atom stereocenters. The van der Waals surface area contributed by atoms with Crippen LogP contribution in [0.3, 0.4) is 0 Å². The van der Waals surface area contributed by atoms with Gasteiger partial charge in [0.15, 0.2) is 0 Å². The van der Waals surface area contributed by atoms with Crippen molar-refractivity contribution in [1.82, 2.24) is 9.88 Å². The zero-order chi connectivity index (χ0) is 22.7. The van der Waals surface area contributed by atoms with Crippen molar-refractivity contribution in [3.05, 3.63) is 57.9 Å². The fourth-order valence-corrected chi connectivity index (χ4v) is 5.98. The van der Waals surface area contributed by atoms with Crippen molar-refractivity contribution in [3.63, 3.8) is 0 Å². The van der Waals surface area contributed by atoms with Crippen LogP contribution in [0.5, 0.6) is 5.75 Å². The van der Waals surface area contributed by atoms with E-state index in [1.54, 1.807) is 18.2 Å². The van der Waals surface area contributed by atoms with Crippen molar-refractivity contribution in [3.8, 4) is 11.8 Å². The Balaban J connectivity index is 1.59. The summed E-state index contributed by atoms with van der Waals surface area (Å²) < 4.78 is 6.37. The SMILES string of the molecule is CC(C)c1cnc2c(c1)CN(C1C(C)(C)C(Oc3ccc(C#N)c(Cl)c3)C1(C)C)C2=O. The van der Waals surface area contributed by atoms with Gasteiger partial charge in [0.25, 0.3) is 5.91 Å². The van der Waals surface area contributed by atoms with Crippen molar-refractivity contribution >= 4 is 17.5 Å². The van der Waals surface area contributed by atoms with Gasteiger partial charge < -0.3 is 9.64 Å². The fourth-order valence-electron chi connectivity index (χ4n) is 5.77. The number of nitriles is 1. The Bertz CT molecular complexity index is 1080. The van der Waals surface area contributed by atoms with Crippen LogP contribution >= 0.6 is 11.6 Å². The Labute approximate surface area is 189 Å². The van der Waals surface area contributed by atoms with E-state index in [0.29, 0.717) is 34.5 Å². The summed E-state index contributed by atoms with van der Waals surface area (Å²) in [7, 11) is 0. The highest BCUT2D eigenvalue weighted by Gasteiger charge is 2.67. The maximum Gasteiger partial charge on any atom is 0.273 e. The van der Waals surface area contributed by atoms with Gasteiger partial charge in [-0.25, -0.2) is 0 Å². The number of nitrogens with zero attached hydrogens (tertiary/aromatic N) is 3. The molecule has 4 rings (SSSR count). The summed E-state index contributed by atoms with van der Waals surface area (Å²) in [5, 5.41) is 9.48. The second kappa shape index (κ2) is 7.24. The minimum atomic E-state index is -0.275. The summed E-state index contributed by atoms with van der Waals surface area (Å²) in [6.45, 7) is 13.4. The van der Waals surface area contributed by atoms with Crippen molar-refractivity contribution in [2.45, 2.75) is 66.2 Å². The van der Waals surface area contributed by atoms with E-state index in [1.165, 1.54) is 0 Å². The monoisotopic (exact) mass is 437 g/mol. The highest BCUT2D eigenvalue weighted by Crippen LogP contribution is 2.59. The molecule has 5 nitrogen and oxygen atoms in total. The number of carbonyl (C=O) groups is 1. The van der Waals surface area contributed by atoms with Crippen molar-refractivity contribution in [2.75, 3.05) is 0 Å². The summed E-state index contributed by atoms with van der Waals surface area (Å²) >= 11 is 6.19. The molecule has 1 amide bonds. The second-order valence-corrected chi connectivity index (χ2v) is 10.6. The van der Waals surface area contributed by atoms with Crippen LogP contribution < -0.4 is 4.74 Å². The standard InChI is InChI=1S/C25H28ClN3O2/c1-14(2)16-9-17-13-29(21(30)20(17)28-12-16)22-24(3,4)23(25(22,5)6)31-18-8-7-15(11-27)19(26)10-18/h7-10,12,14,22-23H,13H2,1-6H3. The molecule has 2 heterocycles. The zero-order valence-electron chi connectivity index (χ0n) is 18.9. The number of carbonyl (C=O) groups excluding carboxylic acids is 1. The van der Waals surface area contributed by atoms with Crippen LogP contribution in [-0.4, -0.2) is 27.9 Å². The normalized spacial score (nSPS) is 23.3. The predicted molar refractivity (Wildman–Crippen MR) is 120 cm³/mol. The first-order valence-electron chi connectivity index (χ1n) is 10.6. The minimum Gasteiger partial charge on any atom is -0.489 e. The number of hydrogen-bond donors (Lipinski definition) is 0. The Hall–Kier alpha value is -2.58. The van der Waals surface area contributed by atoms with Crippen molar-refractivity contribution < 1.29 is 9.53 Å². The third-order valence-electron chi connectivity index (χ3n) is 6.85. The molecular formula is C25H28ClN3O2. The molecule has 1 aromatic heterocycles. The Morgan fingerprint density at radius 1 is 1.23 bits per heavy atom. The number of aromatic nitrogens is 1. The van der Waals surface area contributed by atoms with Gasteiger partial charge >= 0.3 is 0 Å². The van der Waals surface area contributed by atoms with E-state index < -0.39 is 0 Å². The number of hydrogen-bond acceptors (Lipinski definition) is 4. The molecule has 1 aliphatic carbocycles. The molecule has 1 saturated carbocycles. The number of pyridine rings is 1. The van der Waals surface area contributed by atoms with E-state index in [2.05, 4.69) is 58.7 Å². The molecule has 0 N–H and O–H groups in total. The lowest BCUT2D eigenvalue weighted by atomic mass is 9.49. The number of fused-ring (bicyclic) bond motifs is 1. The van der Waals surface area contributed by atoms with E-state index in [4.69, 9.17) is 21.6 Å². The largest absolute Gasteiger partial charge is 0.489 e. The first-order chi connectivity index (χ1) is 14.5. The molecule has 0 bridgehead atoms. The van der Waals surface area contributed by atoms with Gasteiger partial charge in [-0.2, -0.15) is 5.26 Å². The van der Waals surface area contributed by atoms with Gasteiger partial charge in [-0.3, -0.25) is 9.78 Å². The van der Waals surface area contributed by atoms with Crippen molar-refractivity contribution in [2.24, 2.45) is 10.8 Å². The lowest BCUT2D eigenvalue weighted by molar-refractivity contribution is -0.199. The van der Waals surface area contributed by atoms with E-state index in [0.717, 1.165) is 11.1 Å². The quantitative estimate of drug-likeness (QED) is 0.627. The molecule has 1 aromatic carbocycles. The van der Waals surface area contributed by atoms with Crippen LogP contribution in [0.1, 0.15) is 74.6 Å². The lowest BCUT2D eigenvalue weighted by Crippen LogP contribution is -2.74. The van der Waals surface area contributed by atoms with Gasteiger partial charge in [0.2, 0.25) is 0 Å². The van der Waals surface area contributed by atoms with Crippen LogP contribution in [0.25, 0.3) is 0 Å². The molecule has 0 saturated heterocycles. The maximum atomic E-state index is 13.2. The minimum absolute atomic E-state index is 0.00283. The summed E-state index contributed by atoms with van der Waals surface area (Å²) in [5.41, 5.74) is 2.60. The molecule has 2 aromatic rings. The molecular weight excluding hydrogens is 410 g/mol. The van der Waals surface area contributed by atoms with Crippen LogP contribution in [0.4, 0.5) is 0 Å². The topological polar surface area (TPSA) is 66.2 Å². The fraction of sp³-hybridized carbons (Fsp3) is 0.480. The molecule has 1 fully saturated rings. The highest BCUT2D eigenvalue weighted by atomic mass is 35.5. The number of benzene rings is 1. The van der Waals surface area contributed by atoms with Gasteiger partial charge in [-0.15, -0.1) is 0 Å². The maximum absolute atomic E-state index is 13.2. The van der Waals surface area contributed by atoms with Crippen LogP contribution in [-0.2, 0) is 6.54 Å². The molecule has 0 radical (unpaired) electrons. The summed E-state index contributed by atoms with van der Waals surface area (Å²) in [5.74, 6) is 1.000. The smallest absolute Gasteiger partial charge is 0.273 e. The Morgan fingerprint density at radius 3 is 2.48 bits per heavy atom.